The van der Waals surface area contributed by atoms with Gasteiger partial charge in [0.15, 0.2) is 0 Å². The van der Waals surface area contributed by atoms with Gasteiger partial charge in [0.2, 0.25) is 5.65 Å². The van der Waals surface area contributed by atoms with E-state index in [9.17, 15) is 9.59 Å². The molecule has 0 saturated carbocycles. The van der Waals surface area contributed by atoms with Gasteiger partial charge in [-0.15, -0.1) is 22.6 Å². The van der Waals surface area contributed by atoms with Crippen molar-refractivity contribution in [1.82, 2.24) is 19.6 Å². The fourth-order valence-electron chi connectivity index (χ4n) is 5.17. The van der Waals surface area contributed by atoms with Crippen LogP contribution in [0.1, 0.15) is 40.2 Å². The zero-order valence-corrected chi connectivity index (χ0v) is 21.6. The van der Waals surface area contributed by atoms with Crippen molar-refractivity contribution in [1.29, 1.82) is 0 Å². The zero-order chi connectivity index (χ0) is 23.4. The molecule has 1 fully saturated rings. The smallest absolute Gasteiger partial charge is 0.294 e. The second kappa shape index (κ2) is 9.48. The first-order chi connectivity index (χ1) is 16.5. The van der Waals surface area contributed by atoms with E-state index in [4.69, 9.17) is 11.6 Å². The first-order valence-corrected chi connectivity index (χ1v) is 13.1. The number of halogens is 2. The Morgan fingerprint density at radius 2 is 2.00 bits per heavy atom. The largest absolute Gasteiger partial charge is 0.317 e. The molecule has 0 bridgehead atoms. The van der Waals surface area contributed by atoms with Crippen LogP contribution in [0, 0.1) is 12.8 Å². The minimum atomic E-state index is -0.297. The van der Waals surface area contributed by atoms with Crippen LogP contribution in [-0.4, -0.2) is 43.5 Å². The topological polar surface area (TPSA) is 83.4 Å². The number of amides is 1. The van der Waals surface area contributed by atoms with E-state index in [2.05, 4.69) is 15.2 Å². The third-order valence-electron chi connectivity index (χ3n) is 6.99. The van der Waals surface area contributed by atoms with Crippen molar-refractivity contribution < 1.29 is 4.79 Å². The molecule has 182 valence electrons. The van der Waals surface area contributed by atoms with Gasteiger partial charge < -0.3 is 9.88 Å². The molecule has 1 saturated heterocycles. The highest BCUT2D eigenvalue weighted by Crippen LogP contribution is 2.33. The summed E-state index contributed by atoms with van der Waals surface area (Å²) in [6.07, 6.45) is 3.88. The molecule has 2 aromatic carbocycles. The van der Waals surface area contributed by atoms with E-state index < -0.39 is 0 Å². The van der Waals surface area contributed by atoms with Gasteiger partial charge in [0, 0.05) is 29.2 Å². The van der Waals surface area contributed by atoms with Crippen LogP contribution in [0.4, 0.5) is 5.69 Å². The van der Waals surface area contributed by atoms with Gasteiger partial charge in [-0.25, -0.2) is 0 Å². The molecule has 10 heteroatoms. The molecule has 1 amide bonds. The van der Waals surface area contributed by atoms with E-state index in [1.165, 1.54) is 11.5 Å². The van der Waals surface area contributed by atoms with Crippen LogP contribution in [0.25, 0.3) is 16.7 Å². The summed E-state index contributed by atoms with van der Waals surface area (Å²) in [4.78, 5) is 31.1. The van der Waals surface area contributed by atoms with Crippen LogP contribution in [0.2, 0.25) is 5.02 Å². The number of anilines is 1. The summed E-state index contributed by atoms with van der Waals surface area (Å²) < 4.78 is 1.88. The number of nitrogens with one attached hydrogen (secondary N) is 1. The Labute approximate surface area is 217 Å². The average molecular weight is 530 g/mol. The van der Waals surface area contributed by atoms with Gasteiger partial charge in [0.1, 0.15) is 5.82 Å². The highest BCUT2D eigenvalue weighted by atomic mass is 35.5. The minimum Gasteiger partial charge on any atom is -0.317 e. The third kappa shape index (κ3) is 4.21. The van der Waals surface area contributed by atoms with Crippen molar-refractivity contribution in [2.45, 2.75) is 32.6 Å². The van der Waals surface area contributed by atoms with Crippen molar-refractivity contribution in [2.24, 2.45) is 5.92 Å². The molecule has 0 radical (unpaired) electrons. The van der Waals surface area contributed by atoms with Gasteiger partial charge >= 0.3 is 0 Å². The number of carbonyl (C=O) groups is 1. The lowest BCUT2D eigenvalue weighted by molar-refractivity contribution is 0.0989. The van der Waals surface area contributed by atoms with Crippen molar-refractivity contribution in [3.05, 3.63) is 68.2 Å². The molecule has 6 rings (SSSR count). The van der Waals surface area contributed by atoms with Crippen LogP contribution in [0.3, 0.4) is 0 Å². The minimum absolute atomic E-state index is 0. The van der Waals surface area contributed by atoms with Crippen LogP contribution in [0.15, 0.2) is 35.1 Å². The summed E-state index contributed by atoms with van der Waals surface area (Å²) in [6, 6.07) is 9.39. The Hall–Kier alpha value is -2.55. The molecule has 2 aliphatic rings. The lowest BCUT2D eigenvalue weighted by Gasteiger charge is -2.21. The van der Waals surface area contributed by atoms with Crippen molar-refractivity contribution in [2.75, 3.05) is 23.0 Å². The highest BCUT2D eigenvalue weighted by molar-refractivity contribution is 7.99. The Balaban J connectivity index is 0.00000253. The molecular weight excluding hydrogens is 505 g/mol. The molecular formula is C25H25Cl2N5O2S. The van der Waals surface area contributed by atoms with Crippen molar-refractivity contribution in [3.63, 3.8) is 0 Å². The number of aromatic amines is 1. The molecule has 4 aromatic rings. The van der Waals surface area contributed by atoms with E-state index in [1.807, 2.05) is 47.4 Å². The predicted molar refractivity (Wildman–Crippen MR) is 144 cm³/mol. The molecule has 0 atom stereocenters. The summed E-state index contributed by atoms with van der Waals surface area (Å²) in [5, 5.41) is 9.25. The lowest BCUT2D eigenvalue weighted by Crippen LogP contribution is -2.29. The number of aryl methyl sites for hydroxylation is 1. The monoisotopic (exact) mass is 529 g/mol. The Morgan fingerprint density at radius 3 is 2.80 bits per heavy atom. The Bertz CT molecular complexity index is 1510. The number of carbonyl (C=O) groups excluding carboxylic acids is 1. The number of thioether (sulfide) groups is 1. The quantitative estimate of drug-likeness (QED) is 0.410. The zero-order valence-electron chi connectivity index (χ0n) is 19.2. The number of hydrogen-bond donors (Lipinski definition) is 1. The first kappa shape index (κ1) is 24.2. The van der Waals surface area contributed by atoms with E-state index in [0.29, 0.717) is 34.2 Å². The molecule has 0 spiro atoms. The number of hydrogen-bond acceptors (Lipinski definition) is 5. The maximum Gasteiger partial charge on any atom is 0.294 e. The van der Waals surface area contributed by atoms with Crippen LogP contribution < -0.4 is 10.5 Å². The van der Waals surface area contributed by atoms with Gasteiger partial charge in [-0.05, 0) is 85.1 Å². The lowest BCUT2D eigenvalue weighted by atomic mass is 9.98. The molecule has 7 nitrogen and oxygen atoms in total. The maximum absolute atomic E-state index is 13.6. The second-order valence-electron chi connectivity index (χ2n) is 9.15. The number of fused-ring (bicyclic) bond motifs is 4. The summed E-state index contributed by atoms with van der Waals surface area (Å²) in [5.74, 6) is 3.61. The average Bonchev–Trinajstić information content (AvgIpc) is 3.44. The molecule has 2 aliphatic heterocycles. The Morgan fingerprint density at radius 1 is 1.20 bits per heavy atom. The normalized spacial score (nSPS) is 16.0. The fraction of sp³-hybridized carbons (Fsp3) is 0.360. The van der Waals surface area contributed by atoms with Gasteiger partial charge in [-0.1, -0.05) is 11.6 Å². The first-order valence-electron chi connectivity index (χ1n) is 11.6. The van der Waals surface area contributed by atoms with E-state index in [1.54, 1.807) is 11.0 Å². The number of aromatic nitrogens is 4. The molecule has 2 aromatic heterocycles. The van der Waals surface area contributed by atoms with Gasteiger partial charge in [-0.3, -0.25) is 14.0 Å². The van der Waals surface area contributed by atoms with Crippen molar-refractivity contribution >= 4 is 64.0 Å². The fourth-order valence-corrected chi connectivity index (χ4v) is 6.57. The van der Waals surface area contributed by atoms with Crippen LogP contribution >= 0.6 is 35.8 Å². The summed E-state index contributed by atoms with van der Waals surface area (Å²) in [5.41, 5.74) is 4.83. The number of benzene rings is 2. The van der Waals surface area contributed by atoms with E-state index in [0.717, 1.165) is 53.8 Å². The number of H-pyrrole nitrogens is 1. The van der Waals surface area contributed by atoms with Crippen molar-refractivity contribution in [3.8, 4) is 0 Å². The number of nitrogens with zero attached hydrogens (tertiary/aromatic N) is 4. The van der Waals surface area contributed by atoms with E-state index in [-0.39, 0.29) is 23.9 Å². The summed E-state index contributed by atoms with van der Waals surface area (Å²) >= 11 is 8.13. The number of rotatable bonds is 3. The molecule has 0 unspecified atom stereocenters. The molecule has 0 aliphatic carbocycles. The second-order valence-corrected chi connectivity index (χ2v) is 10.8. The third-order valence-corrected chi connectivity index (χ3v) is 8.27. The Kier molecular flexibility index (Phi) is 6.55. The molecule has 1 N–H and O–H groups in total. The van der Waals surface area contributed by atoms with Crippen LogP contribution in [0.5, 0.6) is 0 Å². The molecule has 4 heterocycles. The summed E-state index contributed by atoms with van der Waals surface area (Å²) in [7, 11) is 0. The standard InChI is InChI=1S/C25H24ClN5O2S.ClH/c1-14-10-21-19(13-18(14)25(33)30-7-4-16-12-17(26)2-3-20(16)30)27-24(32)23-29-28-22(31(21)23)11-15-5-8-34-9-6-15;/h2-3,10,12-13,15H,4-9,11H2,1H3,(H,27,32);1H. The van der Waals surface area contributed by atoms with Gasteiger partial charge in [0.25, 0.3) is 11.5 Å². The molecule has 35 heavy (non-hydrogen) atoms. The van der Waals surface area contributed by atoms with Gasteiger partial charge in [-0.2, -0.15) is 11.8 Å². The van der Waals surface area contributed by atoms with Gasteiger partial charge in [0.05, 0.1) is 11.0 Å². The summed E-state index contributed by atoms with van der Waals surface area (Å²) in [6.45, 7) is 2.54. The highest BCUT2D eigenvalue weighted by Gasteiger charge is 2.27. The maximum atomic E-state index is 13.6. The van der Waals surface area contributed by atoms with E-state index >= 15 is 0 Å². The SMILES string of the molecule is Cc1cc2c(cc1C(=O)N1CCc3cc(Cl)ccc31)[nH]c(=O)c1nnc(CC3CCSCC3)n12.Cl. The predicted octanol–water partition coefficient (Wildman–Crippen LogP) is 4.84. The van der Waals surface area contributed by atoms with Crippen LogP contribution in [-0.2, 0) is 12.8 Å².